The number of aliphatic carboxylic acids is 1. The molecular weight excluding hydrogens is 282 g/mol. The van der Waals surface area contributed by atoms with E-state index >= 15 is 0 Å². The molecule has 2 aromatic heterocycles. The lowest BCUT2D eigenvalue weighted by Gasteiger charge is -2.08. The molecule has 0 aliphatic carbocycles. The SMILES string of the molecule is Cc1ccsc1-c1nnc(N2CC(C(=O)O)CC2=O)o1. The largest absolute Gasteiger partial charge is 0.481 e. The van der Waals surface area contributed by atoms with Crippen molar-refractivity contribution in [2.45, 2.75) is 13.3 Å². The van der Waals surface area contributed by atoms with Gasteiger partial charge in [0, 0.05) is 13.0 Å². The third-order valence-corrected chi connectivity index (χ3v) is 4.18. The lowest BCUT2D eigenvalue weighted by atomic mass is 10.1. The topological polar surface area (TPSA) is 96.5 Å². The molecule has 1 aliphatic heterocycles. The van der Waals surface area contributed by atoms with E-state index in [4.69, 9.17) is 9.52 Å². The highest BCUT2D eigenvalue weighted by Crippen LogP contribution is 2.31. The third-order valence-electron chi connectivity index (χ3n) is 3.18. The van der Waals surface area contributed by atoms with Gasteiger partial charge in [-0.2, -0.15) is 0 Å². The average Bonchev–Trinajstić information content (AvgIpc) is 3.07. The maximum Gasteiger partial charge on any atom is 0.325 e. The number of carboxylic acids is 1. The van der Waals surface area contributed by atoms with Gasteiger partial charge < -0.3 is 9.52 Å². The summed E-state index contributed by atoms with van der Waals surface area (Å²) in [5.74, 6) is -1.68. The number of carboxylic acid groups (broad SMARTS) is 1. The van der Waals surface area contributed by atoms with Crippen LogP contribution in [0.1, 0.15) is 12.0 Å². The third kappa shape index (κ3) is 2.07. The Hall–Kier alpha value is -2.22. The van der Waals surface area contributed by atoms with Gasteiger partial charge in [0.25, 0.3) is 5.89 Å². The van der Waals surface area contributed by atoms with Crippen molar-refractivity contribution in [2.75, 3.05) is 11.4 Å². The highest BCUT2D eigenvalue weighted by Gasteiger charge is 2.37. The van der Waals surface area contributed by atoms with Crippen molar-refractivity contribution in [1.29, 1.82) is 0 Å². The highest BCUT2D eigenvalue weighted by molar-refractivity contribution is 7.13. The monoisotopic (exact) mass is 293 g/mol. The van der Waals surface area contributed by atoms with Crippen molar-refractivity contribution in [3.63, 3.8) is 0 Å². The molecule has 0 aromatic carbocycles. The van der Waals surface area contributed by atoms with Gasteiger partial charge in [0.05, 0.1) is 10.8 Å². The first-order valence-corrected chi connectivity index (χ1v) is 6.85. The summed E-state index contributed by atoms with van der Waals surface area (Å²) < 4.78 is 5.49. The van der Waals surface area contributed by atoms with Gasteiger partial charge in [-0.25, -0.2) is 0 Å². The molecule has 3 rings (SSSR count). The number of nitrogens with zero attached hydrogens (tertiary/aromatic N) is 3. The second kappa shape index (κ2) is 4.71. The number of aromatic nitrogens is 2. The van der Waals surface area contributed by atoms with E-state index in [-0.39, 0.29) is 24.9 Å². The molecule has 1 amide bonds. The van der Waals surface area contributed by atoms with Crippen LogP contribution in [-0.2, 0) is 9.59 Å². The molecule has 1 N–H and O–H groups in total. The minimum absolute atomic E-state index is 0.0366. The molecule has 0 spiro atoms. The van der Waals surface area contributed by atoms with Crippen LogP contribution in [0.4, 0.5) is 6.01 Å². The number of hydrogen-bond donors (Lipinski definition) is 1. The van der Waals surface area contributed by atoms with Crippen LogP contribution in [-0.4, -0.2) is 33.7 Å². The minimum atomic E-state index is -0.991. The molecule has 104 valence electrons. The summed E-state index contributed by atoms with van der Waals surface area (Å²) in [7, 11) is 0. The summed E-state index contributed by atoms with van der Waals surface area (Å²) in [6.45, 7) is 2.00. The number of carbonyl (C=O) groups excluding carboxylic acids is 1. The summed E-state index contributed by atoms with van der Waals surface area (Å²) >= 11 is 1.47. The number of anilines is 1. The van der Waals surface area contributed by atoms with Crippen LogP contribution in [0.2, 0.25) is 0 Å². The zero-order valence-corrected chi connectivity index (χ0v) is 11.4. The first-order chi connectivity index (χ1) is 9.56. The average molecular weight is 293 g/mol. The van der Waals surface area contributed by atoms with Gasteiger partial charge in [-0.3, -0.25) is 14.5 Å². The fourth-order valence-electron chi connectivity index (χ4n) is 2.07. The van der Waals surface area contributed by atoms with E-state index in [1.807, 2.05) is 18.4 Å². The summed E-state index contributed by atoms with van der Waals surface area (Å²) in [5, 5.41) is 18.6. The molecule has 1 fully saturated rings. The molecule has 2 aromatic rings. The number of aryl methyl sites for hydroxylation is 1. The summed E-state index contributed by atoms with van der Waals surface area (Å²) in [6.07, 6.45) is -0.0366. The quantitative estimate of drug-likeness (QED) is 0.922. The Morgan fingerprint density at radius 1 is 1.55 bits per heavy atom. The second-order valence-electron chi connectivity index (χ2n) is 4.57. The predicted octanol–water partition coefficient (Wildman–Crippen LogP) is 1.54. The molecule has 1 atom stereocenters. The molecule has 0 radical (unpaired) electrons. The molecule has 1 saturated heterocycles. The Kier molecular flexibility index (Phi) is 3.01. The Morgan fingerprint density at radius 2 is 2.35 bits per heavy atom. The fraction of sp³-hybridized carbons (Fsp3) is 0.333. The van der Waals surface area contributed by atoms with Crippen LogP contribution in [0, 0.1) is 12.8 Å². The van der Waals surface area contributed by atoms with Crippen LogP contribution in [0.5, 0.6) is 0 Å². The lowest BCUT2D eigenvalue weighted by molar-refractivity contribution is -0.141. The summed E-state index contributed by atoms with van der Waals surface area (Å²) in [6, 6.07) is 1.99. The van der Waals surface area contributed by atoms with E-state index in [0.29, 0.717) is 5.89 Å². The Morgan fingerprint density at radius 3 is 2.95 bits per heavy atom. The van der Waals surface area contributed by atoms with Gasteiger partial charge in [0.1, 0.15) is 0 Å². The van der Waals surface area contributed by atoms with E-state index < -0.39 is 11.9 Å². The number of hydrogen-bond acceptors (Lipinski definition) is 6. The van der Waals surface area contributed by atoms with Gasteiger partial charge in [-0.15, -0.1) is 16.4 Å². The standard InChI is InChI=1S/C12H11N3O4S/c1-6-2-3-20-9(6)10-13-14-12(19-10)15-5-7(11(17)18)4-8(15)16/h2-3,7H,4-5H2,1H3,(H,17,18). The summed E-state index contributed by atoms with van der Waals surface area (Å²) in [5.41, 5.74) is 1.02. The van der Waals surface area contributed by atoms with E-state index in [9.17, 15) is 9.59 Å². The van der Waals surface area contributed by atoms with E-state index in [0.717, 1.165) is 10.4 Å². The lowest BCUT2D eigenvalue weighted by Crippen LogP contribution is -2.26. The van der Waals surface area contributed by atoms with Gasteiger partial charge in [0.15, 0.2) is 0 Å². The molecule has 1 aliphatic rings. The maximum absolute atomic E-state index is 11.8. The zero-order chi connectivity index (χ0) is 14.3. The highest BCUT2D eigenvalue weighted by atomic mass is 32.1. The van der Waals surface area contributed by atoms with Gasteiger partial charge in [-0.1, -0.05) is 5.10 Å². The van der Waals surface area contributed by atoms with Crippen LogP contribution < -0.4 is 4.90 Å². The number of rotatable bonds is 3. The molecule has 0 saturated carbocycles. The number of amides is 1. The first-order valence-electron chi connectivity index (χ1n) is 5.97. The molecule has 7 nitrogen and oxygen atoms in total. The first kappa shape index (κ1) is 12.8. The van der Waals surface area contributed by atoms with Crippen molar-refractivity contribution in [3.05, 3.63) is 17.0 Å². The van der Waals surface area contributed by atoms with Crippen molar-refractivity contribution in [1.82, 2.24) is 10.2 Å². The van der Waals surface area contributed by atoms with Crippen molar-refractivity contribution < 1.29 is 19.1 Å². The summed E-state index contributed by atoms with van der Waals surface area (Å²) in [4.78, 5) is 24.8. The minimum Gasteiger partial charge on any atom is -0.481 e. The molecule has 0 bridgehead atoms. The predicted molar refractivity (Wildman–Crippen MR) is 70.4 cm³/mol. The maximum atomic E-state index is 11.8. The number of carbonyl (C=O) groups is 2. The number of thiophene rings is 1. The van der Waals surface area contributed by atoms with Crippen LogP contribution >= 0.6 is 11.3 Å². The molecule has 20 heavy (non-hydrogen) atoms. The second-order valence-corrected chi connectivity index (χ2v) is 5.48. The van der Waals surface area contributed by atoms with Gasteiger partial charge in [0.2, 0.25) is 5.91 Å². The smallest absolute Gasteiger partial charge is 0.325 e. The van der Waals surface area contributed by atoms with Gasteiger partial charge >= 0.3 is 12.0 Å². The molecule has 3 heterocycles. The van der Waals surface area contributed by atoms with Crippen LogP contribution in [0.3, 0.4) is 0 Å². The zero-order valence-electron chi connectivity index (χ0n) is 10.6. The molecule has 1 unspecified atom stereocenters. The Balaban J connectivity index is 1.86. The van der Waals surface area contributed by atoms with Crippen LogP contribution in [0.25, 0.3) is 10.8 Å². The van der Waals surface area contributed by atoms with E-state index in [1.54, 1.807) is 0 Å². The van der Waals surface area contributed by atoms with E-state index in [2.05, 4.69) is 10.2 Å². The van der Waals surface area contributed by atoms with Crippen molar-refractivity contribution in [3.8, 4) is 10.8 Å². The Bertz CT molecular complexity index is 678. The Labute approximate surface area is 117 Å². The molecular formula is C12H11N3O4S. The van der Waals surface area contributed by atoms with Crippen molar-refractivity contribution in [2.24, 2.45) is 5.92 Å². The molecule has 8 heteroatoms. The van der Waals surface area contributed by atoms with Crippen LogP contribution in [0.15, 0.2) is 15.9 Å². The fourth-order valence-corrected chi connectivity index (χ4v) is 2.91. The van der Waals surface area contributed by atoms with Crippen molar-refractivity contribution >= 4 is 29.2 Å². The normalized spacial score (nSPS) is 18.8. The van der Waals surface area contributed by atoms with Gasteiger partial charge in [-0.05, 0) is 23.9 Å². The van der Waals surface area contributed by atoms with E-state index in [1.165, 1.54) is 16.2 Å².